The molecule has 0 amide bonds. The van der Waals surface area contributed by atoms with Gasteiger partial charge < -0.3 is 34.2 Å². The van der Waals surface area contributed by atoms with E-state index in [2.05, 4.69) is 55.5 Å². The van der Waals surface area contributed by atoms with Crippen molar-refractivity contribution in [2.75, 3.05) is 47.5 Å². The monoisotopic (exact) mass is 849 g/mol. The van der Waals surface area contributed by atoms with E-state index in [-0.39, 0.29) is 32.3 Å². The highest BCUT2D eigenvalue weighted by atomic mass is 31.2. The summed E-state index contributed by atoms with van der Waals surface area (Å²) < 4.78 is 33.9. The van der Waals surface area contributed by atoms with E-state index >= 15 is 0 Å². The maximum Gasteiger partial charge on any atom is 0.472 e. The first kappa shape index (κ1) is 55.5. The third kappa shape index (κ3) is 38.5. The number of hydrogen-bond acceptors (Lipinski definition) is 10. The van der Waals surface area contributed by atoms with Crippen LogP contribution in [0.3, 0.4) is 0 Å². The lowest BCUT2D eigenvalue weighted by atomic mass is 10.1. The van der Waals surface area contributed by atoms with Gasteiger partial charge in [0.2, 0.25) is 0 Å². The fraction of sp³-hybridized carbons (Fsp3) is 0.565. The Morgan fingerprint density at radius 2 is 1.22 bits per heavy atom. The number of unbranched alkanes of at least 4 members (excludes halogenated alkanes) is 2. The van der Waals surface area contributed by atoms with Crippen LogP contribution >= 0.6 is 7.82 Å². The standard InChI is InChI=1S/C46H74NO11P/c1-6-8-10-11-12-13-14-15-16-17-18-19-20-25-29-35-46(52)58-42(40-57-59(53,54)56-38-37-47(3,4)5)39-55-45(51)36-30-34-44(50)43(49)33-28-24-22-21-23-27-32-41(48)31-26-9-7-2/h8-10,12-13,15-16,18-19,21-24,26-28,32-33,41-44,48-50H,6-7,11,14,17,20,25,29-31,34-40H2,1-5H3/p+1/b10-8-,13-12-,16-15-,19-18-,23-21+,24-22-,26-9-,32-27+,33-28-/t41-,42-,43+,44+/m1/s1. The van der Waals surface area contributed by atoms with Crippen LogP contribution < -0.4 is 0 Å². The maximum atomic E-state index is 12.7. The zero-order valence-corrected chi connectivity index (χ0v) is 37.2. The summed E-state index contributed by atoms with van der Waals surface area (Å²) in [6.45, 7) is 3.62. The van der Waals surface area contributed by atoms with Crippen LogP contribution in [0.1, 0.15) is 97.3 Å². The maximum absolute atomic E-state index is 12.7. The average Bonchev–Trinajstić information content (AvgIpc) is 3.17. The summed E-state index contributed by atoms with van der Waals surface area (Å²) in [5, 5.41) is 30.4. The summed E-state index contributed by atoms with van der Waals surface area (Å²) in [7, 11) is 1.23. The van der Waals surface area contributed by atoms with Gasteiger partial charge in [0.15, 0.2) is 6.10 Å². The van der Waals surface area contributed by atoms with E-state index in [0.717, 1.165) is 44.9 Å². The largest absolute Gasteiger partial charge is 0.472 e. The Hall–Kier alpha value is -3.45. The minimum absolute atomic E-state index is 0.0392. The van der Waals surface area contributed by atoms with Crippen molar-refractivity contribution in [3.8, 4) is 0 Å². The van der Waals surface area contributed by atoms with Crippen LogP contribution in [0.5, 0.6) is 0 Å². The van der Waals surface area contributed by atoms with E-state index < -0.39 is 57.4 Å². The van der Waals surface area contributed by atoms with Crippen molar-refractivity contribution < 1.29 is 57.4 Å². The molecule has 0 aromatic heterocycles. The summed E-state index contributed by atoms with van der Waals surface area (Å²) >= 11 is 0. The molecule has 59 heavy (non-hydrogen) atoms. The van der Waals surface area contributed by atoms with Gasteiger partial charge in [0.05, 0.1) is 46.1 Å². The molecule has 0 aromatic carbocycles. The second kappa shape index (κ2) is 36.4. The molecule has 0 aliphatic rings. The zero-order valence-electron chi connectivity index (χ0n) is 36.3. The Kier molecular flexibility index (Phi) is 34.3. The molecule has 0 aliphatic heterocycles. The van der Waals surface area contributed by atoms with Crippen LogP contribution in [0.15, 0.2) is 109 Å². The smallest absolute Gasteiger partial charge is 0.462 e. The van der Waals surface area contributed by atoms with Crippen LogP contribution in [0.2, 0.25) is 0 Å². The fourth-order valence-corrected chi connectivity index (χ4v) is 5.50. The van der Waals surface area contributed by atoms with E-state index in [1.807, 2.05) is 40.2 Å². The lowest BCUT2D eigenvalue weighted by Crippen LogP contribution is -2.37. The molecule has 0 aromatic rings. The van der Waals surface area contributed by atoms with E-state index in [4.69, 9.17) is 18.5 Å². The van der Waals surface area contributed by atoms with Gasteiger partial charge in [0.25, 0.3) is 0 Å². The number of aliphatic hydroxyl groups excluding tert-OH is 3. The molecule has 0 fully saturated rings. The number of rotatable bonds is 35. The van der Waals surface area contributed by atoms with Crippen LogP contribution in [0.25, 0.3) is 0 Å². The van der Waals surface area contributed by atoms with Gasteiger partial charge in [0, 0.05) is 12.8 Å². The minimum Gasteiger partial charge on any atom is -0.462 e. The van der Waals surface area contributed by atoms with Crippen LogP contribution in [-0.4, -0.2) is 109 Å². The van der Waals surface area contributed by atoms with Gasteiger partial charge in [-0.15, -0.1) is 0 Å². The molecule has 0 radical (unpaired) electrons. The normalized spacial score (nSPS) is 16.3. The predicted octanol–water partition coefficient (Wildman–Crippen LogP) is 8.48. The molecule has 0 heterocycles. The Morgan fingerprint density at radius 1 is 0.661 bits per heavy atom. The van der Waals surface area contributed by atoms with Gasteiger partial charge in [-0.25, -0.2) is 4.57 Å². The van der Waals surface area contributed by atoms with Crippen LogP contribution in [0.4, 0.5) is 0 Å². The molecule has 334 valence electrons. The molecule has 1 unspecified atom stereocenters. The van der Waals surface area contributed by atoms with Gasteiger partial charge in [-0.2, -0.15) is 0 Å². The number of hydrogen-bond donors (Lipinski definition) is 4. The van der Waals surface area contributed by atoms with Crippen molar-refractivity contribution in [3.63, 3.8) is 0 Å². The van der Waals surface area contributed by atoms with Crippen LogP contribution in [0, 0.1) is 0 Å². The third-order valence-electron chi connectivity index (χ3n) is 8.14. The summed E-state index contributed by atoms with van der Waals surface area (Å²) in [5.74, 6) is -1.20. The molecule has 5 atom stereocenters. The van der Waals surface area contributed by atoms with Gasteiger partial charge in [-0.05, 0) is 70.6 Å². The van der Waals surface area contributed by atoms with Gasteiger partial charge >= 0.3 is 19.8 Å². The number of quaternary nitrogens is 1. The number of ether oxygens (including phenoxy) is 2. The number of likely N-dealkylation sites (N-methyl/N-ethyl adjacent to an activating group) is 1. The highest BCUT2D eigenvalue weighted by Gasteiger charge is 2.27. The van der Waals surface area contributed by atoms with Crippen molar-refractivity contribution in [3.05, 3.63) is 109 Å². The van der Waals surface area contributed by atoms with Crippen molar-refractivity contribution >= 4 is 19.8 Å². The third-order valence-corrected chi connectivity index (χ3v) is 9.13. The van der Waals surface area contributed by atoms with Gasteiger partial charge in [0.1, 0.15) is 19.8 Å². The first-order chi connectivity index (χ1) is 28.2. The number of phosphoric acid groups is 1. The number of phosphoric ester groups is 1. The van der Waals surface area contributed by atoms with E-state index in [1.54, 1.807) is 42.5 Å². The van der Waals surface area contributed by atoms with Crippen molar-refractivity contribution in [2.45, 2.75) is 122 Å². The van der Waals surface area contributed by atoms with E-state index in [0.29, 0.717) is 23.9 Å². The Morgan fingerprint density at radius 3 is 1.85 bits per heavy atom. The molecule has 13 heteroatoms. The molecule has 0 aliphatic carbocycles. The lowest BCUT2D eigenvalue weighted by Gasteiger charge is -2.24. The molecule has 12 nitrogen and oxygen atoms in total. The number of carbonyl (C=O) groups excluding carboxylic acids is 2. The number of allylic oxidation sites excluding steroid dienone is 15. The Balaban J connectivity index is 4.81. The highest BCUT2D eigenvalue weighted by molar-refractivity contribution is 7.47. The summed E-state index contributed by atoms with van der Waals surface area (Å²) in [6.07, 6.45) is 38.1. The zero-order chi connectivity index (χ0) is 44.0. The predicted molar refractivity (Wildman–Crippen MR) is 237 cm³/mol. The second-order valence-electron chi connectivity index (χ2n) is 14.8. The topological polar surface area (TPSA) is 169 Å². The van der Waals surface area contributed by atoms with E-state index in [9.17, 15) is 34.4 Å². The number of esters is 2. The number of carbonyl (C=O) groups is 2. The number of aliphatic hydroxyl groups is 3. The number of nitrogens with zero attached hydrogens (tertiary/aromatic N) is 1. The summed E-state index contributed by atoms with van der Waals surface area (Å²) in [5.41, 5.74) is 0. The minimum atomic E-state index is -4.48. The molecule has 0 bridgehead atoms. The molecule has 0 rings (SSSR count). The summed E-state index contributed by atoms with van der Waals surface area (Å²) in [4.78, 5) is 35.4. The Bertz CT molecular complexity index is 1420. The quantitative estimate of drug-likeness (QED) is 0.0121. The average molecular weight is 849 g/mol. The molecule has 0 saturated heterocycles. The van der Waals surface area contributed by atoms with Gasteiger partial charge in [-0.3, -0.25) is 18.6 Å². The van der Waals surface area contributed by atoms with Crippen molar-refractivity contribution in [2.24, 2.45) is 0 Å². The fourth-order valence-electron chi connectivity index (χ4n) is 4.76. The molecule has 4 N–H and O–H groups in total. The lowest BCUT2D eigenvalue weighted by molar-refractivity contribution is -0.870. The summed E-state index contributed by atoms with van der Waals surface area (Å²) in [6, 6.07) is 0. The molecular formula is C46H75NO11P+. The van der Waals surface area contributed by atoms with Gasteiger partial charge in [-0.1, -0.05) is 123 Å². The van der Waals surface area contributed by atoms with Crippen molar-refractivity contribution in [1.29, 1.82) is 0 Å². The van der Waals surface area contributed by atoms with E-state index in [1.165, 1.54) is 6.08 Å². The molecule has 0 saturated carbocycles. The SMILES string of the molecule is CC/C=C\C/C=C\C/C=C\C/C=C\CCCCC(=O)O[C@H](COC(=O)CCC[C@H](O)[C@@H](O)\C=C/C=C\C=C\C=C\[C@H](O)C/C=C\CC)COP(=O)(O)OCC[N+](C)(C)C. The Labute approximate surface area is 354 Å². The second-order valence-corrected chi connectivity index (χ2v) is 16.3. The first-order valence-corrected chi connectivity index (χ1v) is 22.4. The highest BCUT2D eigenvalue weighted by Crippen LogP contribution is 2.43. The van der Waals surface area contributed by atoms with Crippen LogP contribution in [-0.2, 0) is 32.7 Å². The molecular weight excluding hydrogens is 773 g/mol. The van der Waals surface area contributed by atoms with Crippen molar-refractivity contribution in [1.82, 2.24) is 0 Å². The molecule has 0 spiro atoms. The first-order valence-electron chi connectivity index (χ1n) is 20.9.